The Bertz CT molecular complexity index is 1380. The summed E-state index contributed by atoms with van der Waals surface area (Å²) in [6, 6.07) is 23.4. The zero-order valence-electron chi connectivity index (χ0n) is 19.4. The molecule has 1 aromatic heterocycles. The molecule has 0 unspecified atom stereocenters. The molecule has 0 fully saturated rings. The lowest BCUT2D eigenvalue weighted by Gasteiger charge is -2.29. The number of benzene rings is 3. The van der Waals surface area contributed by atoms with E-state index in [9.17, 15) is 9.59 Å². The standard InChI is InChI=1S/C28H27BrN4O2/c29-22-11-5-9-21(18-22)28(35)30-16-6-15-26-31-23-12-2-4-14-25(23)33(26)19-27(34)32-17-7-10-20-8-1-3-13-24(20)32/h1-5,8-9,11-14,18H,6-7,10,15-17,19H2,(H,30,35). The van der Waals surface area contributed by atoms with Crippen molar-refractivity contribution in [2.24, 2.45) is 0 Å². The van der Waals surface area contributed by atoms with Crippen molar-refractivity contribution in [1.82, 2.24) is 14.9 Å². The SMILES string of the molecule is O=C(NCCCc1nc2ccccc2n1CC(=O)N1CCCc2ccccc21)c1cccc(Br)c1. The second-order valence-electron chi connectivity index (χ2n) is 8.75. The van der Waals surface area contributed by atoms with Gasteiger partial charge in [-0.2, -0.15) is 0 Å². The molecule has 35 heavy (non-hydrogen) atoms. The van der Waals surface area contributed by atoms with Gasteiger partial charge in [-0.05, 0) is 61.2 Å². The summed E-state index contributed by atoms with van der Waals surface area (Å²) >= 11 is 3.40. The molecular formula is C28H27BrN4O2. The second-order valence-corrected chi connectivity index (χ2v) is 9.67. The lowest BCUT2D eigenvalue weighted by Crippen LogP contribution is -2.38. The van der Waals surface area contributed by atoms with Crippen LogP contribution in [0.3, 0.4) is 0 Å². The van der Waals surface area contributed by atoms with Gasteiger partial charge in [0.2, 0.25) is 5.91 Å². The number of rotatable bonds is 7. The molecule has 4 aromatic rings. The van der Waals surface area contributed by atoms with Crippen LogP contribution in [0.15, 0.2) is 77.3 Å². The van der Waals surface area contributed by atoms with Crippen LogP contribution in [0, 0.1) is 0 Å². The fraction of sp³-hybridized carbons (Fsp3) is 0.250. The Morgan fingerprint density at radius 3 is 2.71 bits per heavy atom. The molecule has 0 atom stereocenters. The van der Waals surface area contributed by atoms with Crippen molar-refractivity contribution in [1.29, 1.82) is 0 Å². The van der Waals surface area contributed by atoms with E-state index < -0.39 is 0 Å². The lowest BCUT2D eigenvalue weighted by atomic mass is 10.0. The van der Waals surface area contributed by atoms with Crippen molar-refractivity contribution >= 4 is 44.5 Å². The number of fused-ring (bicyclic) bond motifs is 2. The number of hydrogen-bond acceptors (Lipinski definition) is 3. The summed E-state index contributed by atoms with van der Waals surface area (Å²) in [4.78, 5) is 32.6. The fourth-order valence-corrected chi connectivity index (χ4v) is 5.09. The van der Waals surface area contributed by atoms with Crippen LogP contribution in [0.5, 0.6) is 0 Å². The number of halogens is 1. The van der Waals surface area contributed by atoms with E-state index in [0.717, 1.165) is 52.8 Å². The molecule has 6 nitrogen and oxygen atoms in total. The lowest BCUT2D eigenvalue weighted by molar-refractivity contribution is -0.119. The van der Waals surface area contributed by atoms with Crippen molar-refractivity contribution in [3.8, 4) is 0 Å². The molecular weight excluding hydrogens is 504 g/mol. The number of amides is 2. The number of carbonyl (C=O) groups excluding carboxylic acids is 2. The largest absolute Gasteiger partial charge is 0.352 e. The highest BCUT2D eigenvalue weighted by atomic mass is 79.9. The molecule has 1 N–H and O–H groups in total. The van der Waals surface area contributed by atoms with Gasteiger partial charge in [-0.25, -0.2) is 4.98 Å². The van der Waals surface area contributed by atoms with Crippen LogP contribution in [0.1, 0.15) is 34.6 Å². The van der Waals surface area contributed by atoms with E-state index >= 15 is 0 Å². The van der Waals surface area contributed by atoms with Crippen molar-refractivity contribution in [3.63, 3.8) is 0 Å². The van der Waals surface area contributed by atoms with Gasteiger partial charge < -0.3 is 14.8 Å². The van der Waals surface area contributed by atoms with Crippen molar-refractivity contribution < 1.29 is 9.59 Å². The Balaban J connectivity index is 1.29. The van der Waals surface area contributed by atoms with Gasteiger partial charge in [0, 0.05) is 35.2 Å². The molecule has 5 rings (SSSR count). The fourth-order valence-electron chi connectivity index (χ4n) is 4.69. The van der Waals surface area contributed by atoms with Gasteiger partial charge >= 0.3 is 0 Å². The van der Waals surface area contributed by atoms with Gasteiger partial charge in [0.1, 0.15) is 12.4 Å². The highest BCUT2D eigenvalue weighted by molar-refractivity contribution is 9.10. The molecule has 1 aliphatic rings. The maximum Gasteiger partial charge on any atom is 0.251 e. The molecule has 0 bridgehead atoms. The van der Waals surface area contributed by atoms with Crippen LogP contribution in [0.4, 0.5) is 5.69 Å². The van der Waals surface area contributed by atoms with Gasteiger partial charge in [-0.15, -0.1) is 0 Å². The molecule has 1 aliphatic heterocycles. The average molecular weight is 531 g/mol. The summed E-state index contributed by atoms with van der Waals surface area (Å²) < 4.78 is 2.91. The third kappa shape index (κ3) is 5.15. The molecule has 0 radical (unpaired) electrons. The summed E-state index contributed by atoms with van der Waals surface area (Å²) in [7, 11) is 0. The van der Waals surface area contributed by atoms with E-state index in [1.807, 2.05) is 64.1 Å². The van der Waals surface area contributed by atoms with E-state index in [-0.39, 0.29) is 18.4 Å². The molecule has 178 valence electrons. The maximum absolute atomic E-state index is 13.4. The van der Waals surface area contributed by atoms with E-state index in [4.69, 9.17) is 4.98 Å². The highest BCUT2D eigenvalue weighted by Crippen LogP contribution is 2.27. The Morgan fingerprint density at radius 2 is 1.83 bits per heavy atom. The van der Waals surface area contributed by atoms with Crippen LogP contribution < -0.4 is 10.2 Å². The van der Waals surface area contributed by atoms with Gasteiger partial charge in [-0.3, -0.25) is 9.59 Å². The van der Waals surface area contributed by atoms with Gasteiger partial charge in [0.25, 0.3) is 5.91 Å². The topological polar surface area (TPSA) is 67.2 Å². The van der Waals surface area contributed by atoms with Crippen molar-refractivity contribution in [2.45, 2.75) is 32.2 Å². The minimum Gasteiger partial charge on any atom is -0.352 e. The van der Waals surface area contributed by atoms with Crippen LogP contribution in [0.25, 0.3) is 11.0 Å². The number of anilines is 1. The van der Waals surface area contributed by atoms with Crippen LogP contribution in [-0.2, 0) is 24.2 Å². The number of para-hydroxylation sites is 3. The van der Waals surface area contributed by atoms with E-state index in [1.165, 1.54) is 5.56 Å². The Morgan fingerprint density at radius 1 is 1.00 bits per heavy atom. The predicted octanol–water partition coefficient (Wildman–Crippen LogP) is 5.14. The first-order valence-corrected chi connectivity index (χ1v) is 12.8. The third-order valence-electron chi connectivity index (χ3n) is 6.39. The summed E-state index contributed by atoms with van der Waals surface area (Å²) in [5.74, 6) is 0.838. The second kappa shape index (κ2) is 10.4. The molecule has 2 amide bonds. The normalized spacial score (nSPS) is 13.0. The van der Waals surface area contributed by atoms with Crippen LogP contribution >= 0.6 is 15.9 Å². The van der Waals surface area contributed by atoms with E-state index in [2.05, 4.69) is 27.3 Å². The number of hydrogen-bond donors (Lipinski definition) is 1. The highest BCUT2D eigenvalue weighted by Gasteiger charge is 2.24. The number of nitrogens with zero attached hydrogens (tertiary/aromatic N) is 3. The van der Waals surface area contributed by atoms with Gasteiger partial charge in [0.05, 0.1) is 11.0 Å². The number of carbonyl (C=O) groups is 2. The predicted molar refractivity (Wildman–Crippen MR) is 142 cm³/mol. The third-order valence-corrected chi connectivity index (χ3v) is 6.88. The molecule has 0 spiro atoms. The number of nitrogens with one attached hydrogen (secondary N) is 1. The summed E-state index contributed by atoms with van der Waals surface area (Å²) in [6.07, 6.45) is 3.37. The van der Waals surface area contributed by atoms with Gasteiger partial charge in [0.15, 0.2) is 0 Å². The number of aromatic nitrogens is 2. The number of aryl methyl sites for hydroxylation is 2. The van der Waals surface area contributed by atoms with E-state index in [0.29, 0.717) is 18.5 Å². The molecule has 0 saturated carbocycles. The monoisotopic (exact) mass is 530 g/mol. The molecule has 0 aliphatic carbocycles. The minimum absolute atomic E-state index is 0.0736. The minimum atomic E-state index is -0.0984. The van der Waals surface area contributed by atoms with Crippen molar-refractivity contribution in [3.05, 3.63) is 94.2 Å². The van der Waals surface area contributed by atoms with Crippen molar-refractivity contribution in [2.75, 3.05) is 18.0 Å². The first-order chi connectivity index (χ1) is 17.1. The Kier molecular flexibility index (Phi) is 6.95. The van der Waals surface area contributed by atoms with Crippen LogP contribution in [0.2, 0.25) is 0 Å². The molecule has 0 saturated heterocycles. The maximum atomic E-state index is 13.4. The zero-order valence-corrected chi connectivity index (χ0v) is 21.0. The molecule has 7 heteroatoms. The van der Waals surface area contributed by atoms with E-state index in [1.54, 1.807) is 12.1 Å². The zero-order chi connectivity index (χ0) is 24.2. The Hall–Kier alpha value is -3.45. The van der Waals surface area contributed by atoms with Gasteiger partial charge in [-0.1, -0.05) is 52.3 Å². The molecule has 2 heterocycles. The average Bonchev–Trinajstić information content (AvgIpc) is 3.23. The first kappa shape index (κ1) is 23.3. The summed E-state index contributed by atoms with van der Waals surface area (Å²) in [6.45, 7) is 1.51. The Labute approximate surface area is 213 Å². The first-order valence-electron chi connectivity index (χ1n) is 12.0. The summed E-state index contributed by atoms with van der Waals surface area (Å²) in [5, 5.41) is 2.98. The summed E-state index contributed by atoms with van der Waals surface area (Å²) in [5.41, 5.74) is 4.71. The molecule has 3 aromatic carbocycles. The quantitative estimate of drug-likeness (QED) is 0.336. The number of imidazole rings is 1. The van der Waals surface area contributed by atoms with Crippen LogP contribution in [-0.4, -0.2) is 34.5 Å². The smallest absolute Gasteiger partial charge is 0.251 e.